The van der Waals surface area contributed by atoms with Gasteiger partial charge in [0.2, 0.25) is 5.91 Å². The number of ether oxygens (including phenoxy) is 1. The molecular weight excluding hydrogens is 380 g/mol. The van der Waals surface area contributed by atoms with E-state index in [-0.39, 0.29) is 18.0 Å². The lowest BCUT2D eigenvalue weighted by Crippen LogP contribution is -2.50. The van der Waals surface area contributed by atoms with Crippen LogP contribution in [0.1, 0.15) is 0 Å². The molecule has 2 heterocycles. The van der Waals surface area contributed by atoms with Gasteiger partial charge in [-0.3, -0.25) is 9.59 Å². The van der Waals surface area contributed by atoms with Gasteiger partial charge in [0.25, 0.3) is 5.56 Å². The summed E-state index contributed by atoms with van der Waals surface area (Å²) in [7, 11) is 1.61. The van der Waals surface area contributed by atoms with E-state index in [1.54, 1.807) is 18.1 Å². The molecule has 0 atom stereocenters. The van der Waals surface area contributed by atoms with Gasteiger partial charge in [-0.15, -0.1) is 0 Å². The van der Waals surface area contributed by atoms with Crippen molar-refractivity contribution in [2.24, 2.45) is 0 Å². The van der Waals surface area contributed by atoms with Crippen LogP contribution in [0.25, 0.3) is 11.3 Å². The van der Waals surface area contributed by atoms with Crippen molar-refractivity contribution in [3.8, 4) is 17.0 Å². The average molecular weight is 404 g/mol. The molecule has 1 fully saturated rings. The van der Waals surface area contributed by atoms with Crippen molar-refractivity contribution in [3.63, 3.8) is 0 Å². The summed E-state index contributed by atoms with van der Waals surface area (Å²) >= 11 is 0. The summed E-state index contributed by atoms with van der Waals surface area (Å²) in [6.45, 7) is 2.73. The van der Waals surface area contributed by atoms with Crippen molar-refractivity contribution in [3.05, 3.63) is 77.1 Å². The molecule has 1 amide bonds. The van der Waals surface area contributed by atoms with Crippen molar-refractivity contribution in [1.82, 2.24) is 14.7 Å². The molecule has 0 unspecified atom stereocenters. The highest BCUT2D eigenvalue weighted by Crippen LogP contribution is 2.20. The maximum Gasteiger partial charge on any atom is 0.267 e. The zero-order valence-electron chi connectivity index (χ0n) is 16.9. The van der Waals surface area contributed by atoms with Gasteiger partial charge in [-0.25, -0.2) is 4.68 Å². The number of piperazine rings is 1. The van der Waals surface area contributed by atoms with Gasteiger partial charge in [0.15, 0.2) is 0 Å². The summed E-state index contributed by atoms with van der Waals surface area (Å²) in [4.78, 5) is 29.1. The van der Waals surface area contributed by atoms with Crippen LogP contribution in [0.2, 0.25) is 0 Å². The highest BCUT2D eigenvalue weighted by atomic mass is 16.5. The number of methoxy groups -OCH3 is 1. The zero-order chi connectivity index (χ0) is 20.9. The minimum atomic E-state index is -0.288. The monoisotopic (exact) mass is 404 g/mol. The number of anilines is 1. The fourth-order valence-corrected chi connectivity index (χ4v) is 3.56. The molecule has 0 N–H and O–H groups in total. The molecule has 154 valence electrons. The minimum Gasteiger partial charge on any atom is -0.497 e. The number of nitrogens with zero attached hydrogens (tertiary/aromatic N) is 4. The molecule has 4 rings (SSSR count). The fourth-order valence-electron chi connectivity index (χ4n) is 3.56. The number of benzene rings is 2. The van der Waals surface area contributed by atoms with Gasteiger partial charge >= 0.3 is 0 Å². The van der Waals surface area contributed by atoms with E-state index in [0.29, 0.717) is 18.8 Å². The van der Waals surface area contributed by atoms with Crippen molar-refractivity contribution in [2.45, 2.75) is 6.54 Å². The van der Waals surface area contributed by atoms with Gasteiger partial charge in [0, 0.05) is 43.5 Å². The molecular formula is C23H24N4O3. The Labute approximate surface area is 175 Å². The summed E-state index contributed by atoms with van der Waals surface area (Å²) in [6.07, 6.45) is 0. The first-order chi connectivity index (χ1) is 14.6. The van der Waals surface area contributed by atoms with E-state index in [4.69, 9.17) is 4.74 Å². The molecule has 0 aliphatic carbocycles. The largest absolute Gasteiger partial charge is 0.497 e. The Bertz CT molecular complexity index is 1060. The van der Waals surface area contributed by atoms with E-state index in [1.807, 2.05) is 42.5 Å². The summed E-state index contributed by atoms with van der Waals surface area (Å²) in [5, 5.41) is 4.40. The molecule has 0 bridgehead atoms. The third kappa shape index (κ3) is 4.35. The summed E-state index contributed by atoms with van der Waals surface area (Å²) in [6, 6.07) is 20.7. The third-order valence-electron chi connectivity index (χ3n) is 5.29. The Morgan fingerprint density at radius 3 is 2.30 bits per heavy atom. The molecule has 7 nitrogen and oxygen atoms in total. The number of carbonyl (C=O) groups is 1. The van der Waals surface area contributed by atoms with E-state index in [0.717, 1.165) is 30.1 Å². The van der Waals surface area contributed by atoms with Crippen LogP contribution in [0.3, 0.4) is 0 Å². The first-order valence-electron chi connectivity index (χ1n) is 9.94. The fraction of sp³-hybridized carbons (Fsp3) is 0.261. The van der Waals surface area contributed by atoms with E-state index in [9.17, 15) is 9.59 Å². The molecule has 0 spiro atoms. The first-order valence-corrected chi connectivity index (χ1v) is 9.94. The highest BCUT2D eigenvalue weighted by molar-refractivity contribution is 5.76. The minimum absolute atomic E-state index is 0.0613. The molecule has 1 aromatic heterocycles. The molecule has 30 heavy (non-hydrogen) atoms. The topological polar surface area (TPSA) is 67.7 Å². The maximum absolute atomic E-state index is 12.8. The van der Waals surface area contributed by atoms with Gasteiger partial charge in [-0.1, -0.05) is 18.2 Å². The van der Waals surface area contributed by atoms with Crippen LogP contribution in [-0.4, -0.2) is 53.9 Å². The third-order valence-corrected chi connectivity index (χ3v) is 5.29. The molecule has 3 aromatic rings. The molecule has 0 saturated carbocycles. The lowest BCUT2D eigenvalue weighted by molar-refractivity contribution is -0.132. The molecule has 0 radical (unpaired) electrons. The molecule has 7 heteroatoms. The number of aromatic nitrogens is 2. The SMILES string of the molecule is COc1ccc(-c2ccc(=O)n(CC(=O)N3CCN(c4ccccc4)CC3)n2)cc1. The first kappa shape index (κ1) is 19.7. The van der Waals surface area contributed by atoms with Crippen LogP contribution < -0.4 is 15.2 Å². The van der Waals surface area contributed by atoms with E-state index in [1.165, 1.54) is 10.7 Å². The predicted molar refractivity (Wildman–Crippen MR) is 116 cm³/mol. The van der Waals surface area contributed by atoms with Gasteiger partial charge in [-0.2, -0.15) is 5.10 Å². The number of amides is 1. The Kier molecular flexibility index (Phi) is 5.79. The molecule has 1 saturated heterocycles. The summed E-state index contributed by atoms with van der Waals surface area (Å²) in [5.41, 5.74) is 2.37. The molecule has 1 aliphatic rings. The Balaban J connectivity index is 1.42. The van der Waals surface area contributed by atoms with Crippen molar-refractivity contribution in [2.75, 3.05) is 38.2 Å². The zero-order valence-corrected chi connectivity index (χ0v) is 16.9. The van der Waals surface area contributed by atoms with Gasteiger partial charge in [0.05, 0.1) is 12.8 Å². The van der Waals surface area contributed by atoms with E-state index >= 15 is 0 Å². The van der Waals surface area contributed by atoms with Crippen LogP contribution in [0.15, 0.2) is 71.5 Å². The highest BCUT2D eigenvalue weighted by Gasteiger charge is 2.22. The molecule has 2 aromatic carbocycles. The number of hydrogen-bond donors (Lipinski definition) is 0. The van der Waals surface area contributed by atoms with Crippen LogP contribution >= 0.6 is 0 Å². The second-order valence-electron chi connectivity index (χ2n) is 7.15. The number of hydrogen-bond acceptors (Lipinski definition) is 5. The number of rotatable bonds is 5. The van der Waals surface area contributed by atoms with E-state index < -0.39 is 0 Å². The van der Waals surface area contributed by atoms with Crippen LogP contribution in [-0.2, 0) is 11.3 Å². The van der Waals surface area contributed by atoms with E-state index in [2.05, 4.69) is 22.1 Å². The normalized spacial score (nSPS) is 13.9. The Morgan fingerprint density at radius 1 is 0.933 bits per heavy atom. The van der Waals surface area contributed by atoms with Crippen molar-refractivity contribution < 1.29 is 9.53 Å². The average Bonchev–Trinajstić information content (AvgIpc) is 2.81. The maximum atomic E-state index is 12.8. The smallest absolute Gasteiger partial charge is 0.267 e. The van der Waals surface area contributed by atoms with Crippen molar-refractivity contribution >= 4 is 11.6 Å². The lowest BCUT2D eigenvalue weighted by atomic mass is 10.1. The van der Waals surface area contributed by atoms with Gasteiger partial charge < -0.3 is 14.5 Å². The van der Waals surface area contributed by atoms with Crippen LogP contribution in [0.5, 0.6) is 5.75 Å². The van der Waals surface area contributed by atoms with Gasteiger partial charge in [0.1, 0.15) is 12.3 Å². The number of carbonyl (C=O) groups excluding carboxylic acids is 1. The Morgan fingerprint density at radius 2 is 1.63 bits per heavy atom. The summed E-state index contributed by atoms with van der Waals surface area (Å²) in [5.74, 6) is 0.654. The number of para-hydroxylation sites is 1. The predicted octanol–water partition coefficient (Wildman–Crippen LogP) is 2.27. The van der Waals surface area contributed by atoms with Crippen LogP contribution in [0, 0.1) is 0 Å². The lowest BCUT2D eigenvalue weighted by Gasteiger charge is -2.36. The second-order valence-corrected chi connectivity index (χ2v) is 7.15. The second kappa shape index (κ2) is 8.82. The molecule has 1 aliphatic heterocycles. The van der Waals surface area contributed by atoms with Crippen LogP contribution in [0.4, 0.5) is 5.69 Å². The summed E-state index contributed by atoms with van der Waals surface area (Å²) < 4.78 is 6.42. The standard InChI is InChI=1S/C23H24N4O3/c1-30-20-9-7-18(8-10-20)21-11-12-22(28)27(24-21)17-23(29)26-15-13-25(14-16-26)19-5-3-2-4-6-19/h2-12H,13-17H2,1H3. The quantitative estimate of drug-likeness (QED) is 0.653. The Hall–Kier alpha value is -3.61. The van der Waals surface area contributed by atoms with Gasteiger partial charge in [-0.05, 0) is 42.5 Å². The van der Waals surface area contributed by atoms with Crippen molar-refractivity contribution in [1.29, 1.82) is 0 Å².